The van der Waals surface area contributed by atoms with Crippen molar-refractivity contribution in [2.45, 2.75) is 289 Å². The molecule has 0 aliphatic heterocycles. The summed E-state index contributed by atoms with van der Waals surface area (Å²) < 4.78 is 0. The van der Waals surface area contributed by atoms with Crippen molar-refractivity contribution in [1.82, 2.24) is 5.32 Å². The Morgan fingerprint density at radius 1 is 0.392 bits per heavy atom. The average molecular weight is 722 g/mol. The molecule has 0 bridgehead atoms. The first-order chi connectivity index (χ1) is 25.2. The highest BCUT2D eigenvalue weighted by Crippen LogP contribution is 2.17. The fraction of sp³-hybridized carbons (Fsp3) is 0.979. The van der Waals surface area contributed by atoms with Gasteiger partial charge in [-0.05, 0) is 12.8 Å². The number of carbonyl (C=O) groups is 1. The van der Waals surface area contributed by atoms with E-state index in [9.17, 15) is 15.0 Å². The molecule has 0 saturated heterocycles. The lowest BCUT2D eigenvalue weighted by Gasteiger charge is -2.22. The van der Waals surface area contributed by atoms with Crippen molar-refractivity contribution in [1.29, 1.82) is 0 Å². The summed E-state index contributed by atoms with van der Waals surface area (Å²) in [5, 5.41) is 23.0. The first kappa shape index (κ1) is 50.4. The highest BCUT2D eigenvalue weighted by molar-refractivity contribution is 5.76. The molecule has 0 radical (unpaired) electrons. The molecule has 0 saturated carbocycles. The molecule has 2 atom stereocenters. The largest absolute Gasteiger partial charge is 0.394 e. The van der Waals surface area contributed by atoms with E-state index in [-0.39, 0.29) is 12.5 Å². The monoisotopic (exact) mass is 722 g/mol. The molecular weight excluding hydrogens is 627 g/mol. The highest BCUT2D eigenvalue weighted by atomic mass is 16.3. The Bertz CT molecular complexity index is 655. The van der Waals surface area contributed by atoms with Crippen molar-refractivity contribution in [3.05, 3.63) is 0 Å². The van der Waals surface area contributed by atoms with Crippen LogP contribution in [0.15, 0.2) is 0 Å². The summed E-state index contributed by atoms with van der Waals surface area (Å²) in [5.74, 6) is -0.0345. The van der Waals surface area contributed by atoms with Gasteiger partial charge in [-0.25, -0.2) is 0 Å². The van der Waals surface area contributed by atoms with E-state index in [4.69, 9.17) is 0 Å². The van der Waals surface area contributed by atoms with Crippen LogP contribution in [0.4, 0.5) is 0 Å². The first-order valence-electron chi connectivity index (χ1n) is 23.7. The maximum atomic E-state index is 12.2. The summed E-state index contributed by atoms with van der Waals surface area (Å²) in [6.45, 7) is 4.34. The van der Waals surface area contributed by atoms with E-state index in [1.54, 1.807) is 0 Å². The molecule has 51 heavy (non-hydrogen) atoms. The van der Waals surface area contributed by atoms with Crippen LogP contribution in [0.25, 0.3) is 0 Å². The molecule has 0 aliphatic rings. The zero-order chi connectivity index (χ0) is 37.1. The fourth-order valence-corrected chi connectivity index (χ4v) is 7.72. The van der Waals surface area contributed by atoms with E-state index in [1.165, 1.54) is 225 Å². The molecule has 4 nitrogen and oxygen atoms in total. The number of hydrogen-bond acceptors (Lipinski definition) is 3. The van der Waals surface area contributed by atoms with Crippen LogP contribution in [0.1, 0.15) is 277 Å². The van der Waals surface area contributed by atoms with Gasteiger partial charge >= 0.3 is 0 Å². The van der Waals surface area contributed by atoms with Gasteiger partial charge < -0.3 is 15.5 Å². The smallest absolute Gasteiger partial charge is 0.220 e. The van der Waals surface area contributed by atoms with Gasteiger partial charge in [0.05, 0.1) is 18.8 Å². The maximum absolute atomic E-state index is 12.2. The lowest BCUT2D eigenvalue weighted by Crippen LogP contribution is -2.45. The minimum Gasteiger partial charge on any atom is -0.394 e. The summed E-state index contributed by atoms with van der Waals surface area (Å²) in [4.78, 5) is 12.2. The lowest BCUT2D eigenvalue weighted by atomic mass is 10.0. The Balaban J connectivity index is 3.31. The van der Waals surface area contributed by atoms with Gasteiger partial charge in [-0.15, -0.1) is 0 Å². The number of hydrogen-bond donors (Lipinski definition) is 3. The molecule has 4 heteroatoms. The Morgan fingerprint density at radius 3 is 0.882 bits per heavy atom. The summed E-state index contributed by atoms with van der Waals surface area (Å²) in [6.07, 6.45) is 53.8. The molecule has 3 N–H and O–H groups in total. The third-order valence-corrected chi connectivity index (χ3v) is 11.4. The molecule has 0 heterocycles. The molecule has 0 fully saturated rings. The van der Waals surface area contributed by atoms with Crippen LogP contribution in [-0.2, 0) is 4.79 Å². The zero-order valence-corrected chi connectivity index (χ0v) is 35.2. The van der Waals surface area contributed by atoms with E-state index >= 15 is 0 Å². The molecule has 0 aliphatic carbocycles. The topological polar surface area (TPSA) is 69.6 Å². The van der Waals surface area contributed by atoms with E-state index in [0.29, 0.717) is 12.8 Å². The Hall–Kier alpha value is -0.610. The Labute approximate surface area is 321 Å². The van der Waals surface area contributed by atoms with E-state index in [2.05, 4.69) is 19.2 Å². The van der Waals surface area contributed by atoms with Crippen molar-refractivity contribution in [3.8, 4) is 0 Å². The van der Waals surface area contributed by atoms with Crippen LogP contribution >= 0.6 is 0 Å². The standard InChI is InChI=1S/C47H95NO3/c1-3-5-7-9-11-12-13-14-15-16-17-18-19-20-21-22-23-24-25-26-27-28-29-30-31-32-33-34-35-37-38-40-42-46(50)45(44-49)48-47(51)43-41-39-36-10-8-6-4-2/h45-46,49-50H,3-44H2,1-2H3,(H,48,51). The van der Waals surface area contributed by atoms with Crippen LogP contribution in [0.3, 0.4) is 0 Å². The predicted octanol–water partition coefficient (Wildman–Crippen LogP) is 14.9. The molecule has 0 aromatic rings. The van der Waals surface area contributed by atoms with Crippen LogP contribution in [0, 0.1) is 0 Å². The van der Waals surface area contributed by atoms with Crippen LogP contribution in [0.5, 0.6) is 0 Å². The van der Waals surface area contributed by atoms with Gasteiger partial charge in [-0.3, -0.25) is 4.79 Å². The fourth-order valence-electron chi connectivity index (χ4n) is 7.72. The number of amides is 1. The second-order valence-electron chi connectivity index (χ2n) is 16.5. The number of nitrogens with one attached hydrogen (secondary N) is 1. The SMILES string of the molecule is CCCCCCCCCCCCCCCCCCCCCCCCCCCCCCCCCCC(O)C(CO)NC(=O)CCCCCCCCC. The Kier molecular flexibility index (Phi) is 43.3. The molecule has 0 aromatic heterocycles. The molecule has 306 valence electrons. The molecule has 0 aromatic carbocycles. The van der Waals surface area contributed by atoms with Crippen molar-refractivity contribution >= 4 is 5.91 Å². The zero-order valence-electron chi connectivity index (χ0n) is 35.2. The van der Waals surface area contributed by atoms with Gasteiger partial charge in [0.1, 0.15) is 0 Å². The van der Waals surface area contributed by atoms with Gasteiger partial charge in [-0.2, -0.15) is 0 Å². The number of aliphatic hydroxyl groups excluding tert-OH is 2. The van der Waals surface area contributed by atoms with Crippen molar-refractivity contribution < 1.29 is 15.0 Å². The Morgan fingerprint density at radius 2 is 0.627 bits per heavy atom. The summed E-state index contributed by atoms with van der Waals surface area (Å²) in [7, 11) is 0. The third-order valence-electron chi connectivity index (χ3n) is 11.4. The van der Waals surface area contributed by atoms with Gasteiger partial charge in [-0.1, -0.05) is 258 Å². The van der Waals surface area contributed by atoms with Crippen LogP contribution in [0.2, 0.25) is 0 Å². The molecule has 2 unspecified atom stereocenters. The lowest BCUT2D eigenvalue weighted by molar-refractivity contribution is -0.123. The molecule has 0 spiro atoms. The number of unbranched alkanes of at least 4 members (excludes halogenated alkanes) is 37. The van der Waals surface area contributed by atoms with Crippen molar-refractivity contribution in [2.75, 3.05) is 6.61 Å². The second-order valence-corrected chi connectivity index (χ2v) is 16.5. The normalized spacial score (nSPS) is 12.8. The minimum atomic E-state index is -0.651. The maximum Gasteiger partial charge on any atom is 0.220 e. The summed E-state index contributed by atoms with van der Waals surface area (Å²) in [6, 6.07) is -0.527. The molecular formula is C47H95NO3. The van der Waals surface area contributed by atoms with Gasteiger partial charge in [0.2, 0.25) is 5.91 Å². The average Bonchev–Trinajstić information content (AvgIpc) is 3.13. The summed E-state index contributed by atoms with van der Waals surface area (Å²) >= 11 is 0. The van der Waals surface area contributed by atoms with Crippen LogP contribution in [-0.4, -0.2) is 34.9 Å². The van der Waals surface area contributed by atoms with E-state index < -0.39 is 12.1 Å². The van der Waals surface area contributed by atoms with Crippen LogP contribution < -0.4 is 5.32 Å². The number of rotatable bonds is 44. The minimum absolute atomic E-state index is 0.0345. The number of aliphatic hydroxyl groups is 2. The highest BCUT2D eigenvalue weighted by Gasteiger charge is 2.20. The van der Waals surface area contributed by atoms with Gasteiger partial charge in [0.25, 0.3) is 0 Å². The van der Waals surface area contributed by atoms with Gasteiger partial charge in [0.15, 0.2) is 0 Å². The quantitative estimate of drug-likeness (QED) is 0.0549. The third kappa shape index (κ3) is 40.4. The van der Waals surface area contributed by atoms with Gasteiger partial charge in [0, 0.05) is 6.42 Å². The number of carbonyl (C=O) groups excluding carboxylic acids is 1. The second kappa shape index (κ2) is 43.8. The van der Waals surface area contributed by atoms with E-state index in [0.717, 1.165) is 25.7 Å². The van der Waals surface area contributed by atoms with E-state index in [1.807, 2.05) is 0 Å². The molecule has 0 rings (SSSR count). The van der Waals surface area contributed by atoms with Crippen molar-refractivity contribution in [3.63, 3.8) is 0 Å². The molecule has 1 amide bonds. The van der Waals surface area contributed by atoms with Crippen molar-refractivity contribution in [2.24, 2.45) is 0 Å². The first-order valence-corrected chi connectivity index (χ1v) is 23.7. The predicted molar refractivity (Wildman–Crippen MR) is 226 cm³/mol. The summed E-state index contributed by atoms with van der Waals surface area (Å²) in [5.41, 5.74) is 0.